The fourth-order valence-electron chi connectivity index (χ4n) is 3.10. The van der Waals surface area contributed by atoms with Crippen LogP contribution in [0.25, 0.3) is 21.4 Å². The van der Waals surface area contributed by atoms with Gasteiger partial charge in [-0.05, 0) is 31.0 Å². The summed E-state index contributed by atoms with van der Waals surface area (Å²) in [5, 5.41) is 0.922. The van der Waals surface area contributed by atoms with Gasteiger partial charge in [-0.25, -0.2) is 14.8 Å². The predicted molar refractivity (Wildman–Crippen MR) is 106 cm³/mol. The highest BCUT2D eigenvalue weighted by molar-refractivity contribution is 7.18. The number of nitrogens with two attached hydrogens (primary N) is 1. The van der Waals surface area contributed by atoms with Crippen molar-refractivity contribution in [3.8, 4) is 0 Å². The molecule has 140 valence electrons. The number of nitrogens with zero attached hydrogens (tertiary/aromatic N) is 6. The molecule has 9 nitrogen and oxygen atoms in total. The van der Waals surface area contributed by atoms with Crippen LogP contribution in [0.2, 0.25) is 5.28 Å². The Hall–Kier alpha value is -2.72. The van der Waals surface area contributed by atoms with E-state index in [1.165, 1.54) is 34.6 Å². The van der Waals surface area contributed by atoms with Gasteiger partial charge in [0, 0.05) is 19.0 Å². The minimum atomic E-state index is -0.482. The van der Waals surface area contributed by atoms with E-state index in [9.17, 15) is 9.59 Å². The van der Waals surface area contributed by atoms with Gasteiger partial charge < -0.3 is 10.3 Å². The van der Waals surface area contributed by atoms with Crippen LogP contribution >= 0.6 is 22.9 Å². The molecular formula is C16H16ClN7O2S. The third-order valence-corrected chi connectivity index (χ3v) is 6.09. The Morgan fingerprint density at radius 3 is 2.52 bits per heavy atom. The number of hydrogen-bond donors (Lipinski definition) is 1. The second-order valence-corrected chi connectivity index (χ2v) is 7.87. The Balaban J connectivity index is 1.95. The molecule has 0 saturated heterocycles. The first kappa shape index (κ1) is 17.7. The van der Waals surface area contributed by atoms with Gasteiger partial charge in [0.15, 0.2) is 17.0 Å². The van der Waals surface area contributed by atoms with Crippen molar-refractivity contribution < 1.29 is 0 Å². The Bertz CT molecular complexity index is 1360. The summed E-state index contributed by atoms with van der Waals surface area (Å²) >= 11 is 7.79. The van der Waals surface area contributed by atoms with Gasteiger partial charge in [-0.1, -0.05) is 0 Å². The number of hydrogen-bond acceptors (Lipinski definition) is 7. The molecule has 4 aromatic heterocycles. The number of thiophene rings is 1. The van der Waals surface area contributed by atoms with Gasteiger partial charge in [0.25, 0.3) is 5.56 Å². The Kier molecular flexibility index (Phi) is 3.86. The SMILES string of the molecule is Cc1sc2nc(Cn3c(Cl)nc4c3c(=O)n(C)c(=O)n4C)nc(N)c2c1C. The van der Waals surface area contributed by atoms with Crippen molar-refractivity contribution in [1.82, 2.24) is 28.7 Å². The molecule has 0 spiro atoms. The maximum atomic E-state index is 12.6. The second kappa shape index (κ2) is 5.89. The average molecular weight is 406 g/mol. The molecule has 0 saturated carbocycles. The Morgan fingerprint density at radius 1 is 1.11 bits per heavy atom. The molecule has 0 atom stereocenters. The molecule has 0 radical (unpaired) electrons. The second-order valence-electron chi connectivity index (χ2n) is 6.33. The highest BCUT2D eigenvalue weighted by Gasteiger charge is 2.20. The molecule has 0 bridgehead atoms. The Morgan fingerprint density at radius 2 is 1.81 bits per heavy atom. The fourth-order valence-corrected chi connectivity index (χ4v) is 4.38. The molecule has 2 N–H and O–H groups in total. The molecule has 0 aromatic carbocycles. The number of aromatic nitrogens is 6. The molecule has 0 unspecified atom stereocenters. The third kappa shape index (κ3) is 2.47. The zero-order chi connectivity index (χ0) is 19.6. The van der Waals surface area contributed by atoms with Crippen LogP contribution in [0.5, 0.6) is 0 Å². The van der Waals surface area contributed by atoms with Gasteiger partial charge in [0.2, 0.25) is 5.28 Å². The molecule has 0 amide bonds. The van der Waals surface area contributed by atoms with Crippen LogP contribution in [0.1, 0.15) is 16.3 Å². The van der Waals surface area contributed by atoms with Crippen LogP contribution in [0.4, 0.5) is 5.82 Å². The lowest BCUT2D eigenvalue weighted by molar-refractivity contribution is 0.699. The molecule has 4 heterocycles. The van der Waals surface area contributed by atoms with Gasteiger partial charge >= 0.3 is 5.69 Å². The molecule has 0 fully saturated rings. The van der Waals surface area contributed by atoms with Crippen LogP contribution in [0, 0.1) is 13.8 Å². The summed E-state index contributed by atoms with van der Waals surface area (Å²) in [6, 6.07) is 0. The highest BCUT2D eigenvalue weighted by atomic mass is 35.5. The number of halogens is 1. The van der Waals surface area contributed by atoms with Crippen LogP contribution in [0.3, 0.4) is 0 Å². The fraction of sp³-hybridized carbons (Fsp3) is 0.312. The minimum absolute atomic E-state index is 0.0732. The minimum Gasteiger partial charge on any atom is -0.383 e. The lowest BCUT2D eigenvalue weighted by Crippen LogP contribution is -2.37. The summed E-state index contributed by atoms with van der Waals surface area (Å²) in [5.41, 5.74) is 6.67. The molecule has 4 aromatic rings. The van der Waals surface area contributed by atoms with Crippen LogP contribution in [-0.4, -0.2) is 28.7 Å². The van der Waals surface area contributed by atoms with E-state index in [0.717, 1.165) is 25.2 Å². The topological polar surface area (TPSA) is 114 Å². The molecule has 4 rings (SSSR count). The summed E-state index contributed by atoms with van der Waals surface area (Å²) in [4.78, 5) is 39.8. The van der Waals surface area contributed by atoms with Crippen molar-refractivity contribution in [2.75, 3.05) is 5.73 Å². The molecule has 27 heavy (non-hydrogen) atoms. The van der Waals surface area contributed by atoms with E-state index < -0.39 is 11.2 Å². The van der Waals surface area contributed by atoms with Gasteiger partial charge in [0.1, 0.15) is 10.6 Å². The molecule has 0 aliphatic rings. The van der Waals surface area contributed by atoms with Crippen molar-refractivity contribution >= 4 is 50.1 Å². The van der Waals surface area contributed by atoms with Crippen molar-refractivity contribution in [2.24, 2.45) is 14.1 Å². The summed E-state index contributed by atoms with van der Waals surface area (Å²) in [5.74, 6) is 0.802. The molecule has 0 aliphatic heterocycles. The van der Waals surface area contributed by atoms with Gasteiger partial charge in [0.05, 0.1) is 11.9 Å². The van der Waals surface area contributed by atoms with E-state index in [1.807, 2.05) is 13.8 Å². The van der Waals surface area contributed by atoms with Crippen LogP contribution < -0.4 is 17.0 Å². The lowest BCUT2D eigenvalue weighted by Gasteiger charge is -2.07. The lowest BCUT2D eigenvalue weighted by atomic mass is 10.2. The summed E-state index contributed by atoms with van der Waals surface area (Å²) in [7, 11) is 2.95. The highest BCUT2D eigenvalue weighted by Crippen LogP contribution is 2.32. The normalized spacial score (nSPS) is 11.7. The number of fused-ring (bicyclic) bond motifs is 2. The van der Waals surface area contributed by atoms with Gasteiger partial charge in [-0.2, -0.15) is 4.98 Å². The standard InChI is InChI=1S/C16H16ClN7O2S/c1-6-7(2)27-13-9(6)11(18)19-8(20-13)5-24-10-12(21-15(24)17)22(3)16(26)23(4)14(10)25/h5H2,1-4H3,(H2,18,19,20). The zero-order valence-electron chi connectivity index (χ0n) is 15.1. The first-order valence-corrected chi connectivity index (χ1v) is 9.24. The summed E-state index contributed by atoms with van der Waals surface area (Å²) in [6.45, 7) is 4.10. The van der Waals surface area contributed by atoms with Crippen LogP contribution in [-0.2, 0) is 20.6 Å². The maximum Gasteiger partial charge on any atom is 0.332 e. The summed E-state index contributed by atoms with van der Waals surface area (Å²) < 4.78 is 3.79. The quantitative estimate of drug-likeness (QED) is 0.503. The third-order valence-electron chi connectivity index (χ3n) is 4.70. The van der Waals surface area contributed by atoms with E-state index in [-0.39, 0.29) is 23.0 Å². The number of imidazole rings is 1. The summed E-state index contributed by atoms with van der Waals surface area (Å²) in [6.07, 6.45) is 0. The monoisotopic (exact) mass is 405 g/mol. The molecule has 0 aliphatic carbocycles. The van der Waals surface area contributed by atoms with Gasteiger partial charge in [-0.15, -0.1) is 11.3 Å². The predicted octanol–water partition coefficient (Wildman–Crippen LogP) is 1.34. The van der Waals surface area contributed by atoms with Crippen molar-refractivity contribution in [2.45, 2.75) is 20.4 Å². The van der Waals surface area contributed by atoms with E-state index in [4.69, 9.17) is 17.3 Å². The number of nitrogen functional groups attached to an aromatic ring is 1. The number of aryl methyl sites for hydroxylation is 3. The molecular weight excluding hydrogens is 390 g/mol. The van der Waals surface area contributed by atoms with E-state index in [0.29, 0.717) is 11.6 Å². The van der Waals surface area contributed by atoms with Crippen LogP contribution in [0.15, 0.2) is 9.59 Å². The maximum absolute atomic E-state index is 12.6. The van der Waals surface area contributed by atoms with Gasteiger partial charge in [-0.3, -0.25) is 13.9 Å². The van der Waals surface area contributed by atoms with E-state index in [2.05, 4.69) is 15.0 Å². The van der Waals surface area contributed by atoms with Crippen molar-refractivity contribution in [3.63, 3.8) is 0 Å². The largest absolute Gasteiger partial charge is 0.383 e. The van der Waals surface area contributed by atoms with Crippen molar-refractivity contribution in [3.05, 3.63) is 42.4 Å². The number of anilines is 1. The molecule has 11 heteroatoms. The number of rotatable bonds is 2. The van der Waals surface area contributed by atoms with E-state index in [1.54, 1.807) is 0 Å². The van der Waals surface area contributed by atoms with E-state index >= 15 is 0 Å². The first-order valence-electron chi connectivity index (χ1n) is 8.04. The Labute approximate surface area is 161 Å². The zero-order valence-corrected chi connectivity index (χ0v) is 16.6. The smallest absolute Gasteiger partial charge is 0.332 e. The first-order chi connectivity index (χ1) is 12.7. The average Bonchev–Trinajstić information content (AvgIpc) is 3.09. The van der Waals surface area contributed by atoms with Crippen molar-refractivity contribution in [1.29, 1.82) is 0 Å².